The molecule has 0 amide bonds. The monoisotopic (exact) mass is 436 g/mol. The van der Waals surface area contributed by atoms with Crippen LogP contribution in [0.25, 0.3) is 6.08 Å². The van der Waals surface area contributed by atoms with E-state index in [2.05, 4.69) is 5.10 Å². The Labute approximate surface area is 183 Å². The summed E-state index contributed by atoms with van der Waals surface area (Å²) in [5.74, 6) is 0.0613. The highest BCUT2D eigenvalue weighted by atomic mass is 16.6. The number of methoxy groups -OCH3 is 1. The van der Waals surface area contributed by atoms with E-state index in [0.29, 0.717) is 28.3 Å². The van der Waals surface area contributed by atoms with Crippen molar-refractivity contribution in [3.8, 4) is 5.75 Å². The second kappa shape index (κ2) is 9.21. The molecule has 0 aliphatic carbocycles. The average molecular weight is 436 g/mol. The Hall–Kier alpha value is -4.34. The van der Waals surface area contributed by atoms with E-state index in [-0.39, 0.29) is 23.5 Å². The number of aromatic nitrogens is 2. The molecule has 0 N–H and O–H groups in total. The average Bonchev–Trinajstić information content (AvgIpc) is 3.05. The van der Waals surface area contributed by atoms with Crippen molar-refractivity contribution in [3.05, 3.63) is 96.8 Å². The summed E-state index contributed by atoms with van der Waals surface area (Å²) in [6.07, 6.45) is 2.81. The van der Waals surface area contributed by atoms with Gasteiger partial charge in [0.05, 0.1) is 29.1 Å². The molecular formula is C22H20N4O6. The number of nitrogens with zero attached hydrogens (tertiary/aromatic N) is 4. The van der Waals surface area contributed by atoms with E-state index in [0.717, 1.165) is 0 Å². The van der Waals surface area contributed by atoms with Crippen molar-refractivity contribution in [3.63, 3.8) is 0 Å². The number of ketones is 1. The van der Waals surface area contributed by atoms with Crippen molar-refractivity contribution in [2.75, 3.05) is 7.11 Å². The number of carbonyl (C=O) groups excluding carboxylic acids is 1. The minimum absolute atomic E-state index is 0.00237. The van der Waals surface area contributed by atoms with E-state index < -0.39 is 15.6 Å². The second-order valence-electron chi connectivity index (χ2n) is 6.98. The highest BCUT2D eigenvalue weighted by molar-refractivity contribution is 6.09. The third-order valence-corrected chi connectivity index (χ3v) is 4.94. The van der Waals surface area contributed by atoms with Gasteiger partial charge in [0, 0.05) is 11.6 Å². The van der Waals surface area contributed by atoms with Crippen LogP contribution in [0.2, 0.25) is 0 Å². The van der Waals surface area contributed by atoms with Gasteiger partial charge in [-0.15, -0.1) is 0 Å². The number of rotatable bonds is 8. The zero-order valence-corrected chi connectivity index (χ0v) is 17.6. The highest BCUT2D eigenvalue weighted by Gasteiger charge is 2.22. The lowest BCUT2D eigenvalue weighted by atomic mass is 10.1. The summed E-state index contributed by atoms with van der Waals surface area (Å²) in [7, 11) is 1.51. The number of hydrogen-bond donors (Lipinski definition) is 0. The smallest absolute Gasteiger partial charge is 0.312 e. The van der Waals surface area contributed by atoms with E-state index in [4.69, 9.17) is 4.74 Å². The largest absolute Gasteiger partial charge is 0.496 e. The summed E-state index contributed by atoms with van der Waals surface area (Å²) >= 11 is 0. The van der Waals surface area contributed by atoms with Gasteiger partial charge >= 0.3 is 5.69 Å². The van der Waals surface area contributed by atoms with Crippen LogP contribution >= 0.6 is 0 Å². The van der Waals surface area contributed by atoms with Gasteiger partial charge in [0.1, 0.15) is 17.1 Å². The Morgan fingerprint density at radius 2 is 1.84 bits per heavy atom. The van der Waals surface area contributed by atoms with Crippen LogP contribution in [0.4, 0.5) is 11.4 Å². The number of allylic oxidation sites excluding steroid dienone is 1. The quantitative estimate of drug-likeness (QED) is 0.223. The van der Waals surface area contributed by atoms with Gasteiger partial charge in [-0.2, -0.15) is 5.10 Å². The molecule has 0 fully saturated rings. The first-order valence-corrected chi connectivity index (χ1v) is 9.54. The maximum absolute atomic E-state index is 12.5. The molecule has 32 heavy (non-hydrogen) atoms. The standard InChI is InChI=1S/C22H20N4O6/c1-14-22(26(30)31)15(2)24(23-14)13-17-12-16(9-11-21(17)32-3)8-10-20(27)18-6-4-5-7-19(18)25(28)29/h4-12H,13H2,1-3H3/b10-8+. The lowest BCUT2D eigenvalue weighted by Gasteiger charge is -2.10. The Kier molecular flexibility index (Phi) is 6.43. The number of benzene rings is 2. The number of ether oxygens (including phenoxy) is 1. The van der Waals surface area contributed by atoms with Crippen LogP contribution in [0.3, 0.4) is 0 Å². The van der Waals surface area contributed by atoms with E-state index >= 15 is 0 Å². The van der Waals surface area contributed by atoms with Gasteiger partial charge in [-0.25, -0.2) is 0 Å². The number of nitro groups is 2. The normalized spacial score (nSPS) is 11.0. The summed E-state index contributed by atoms with van der Waals surface area (Å²) in [4.78, 5) is 33.9. The van der Waals surface area contributed by atoms with Gasteiger partial charge in [0.2, 0.25) is 0 Å². The molecule has 1 heterocycles. The van der Waals surface area contributed by atoms with E-state index in [1.807, 2.05) is 0 Å². The predicted octanol–water partition coefficient (Wildman–Crippen LogP) is 4.27. The summed E-state index contributed by atoms with van der Waals surface area (Å²) in [6.45, 7) is 3.43. The lowest BCUT2D eigenvalue weighted by molar-refractivity contribution is -0.386. The van der Waals surface area contributed by atoms with Gasteiger partial charge in [-0.05, 0) is 43.7 Å². The molecule has 0 radical (unpaired) electrons. The molecule has 2 aromatic carbocycles. The Balaban J connectivity index is 1.91. The first-order chi connectivity index (χ1) is 15.2. The van der Waals surface area contributed by atoms with Crippen LogP contribution in [0.15, 0.2) is 48.5 Å². The molecule has 0 atom stereocenters. The van der Waals surface area contributed by atoms with E-state index in [1.54, 1.807) is 44.2 Å². The fourth-order valence-electron chi connectivity index (χ4n) is 3.40. The fraction of sp³-hybridized carbons (Fsp3) is 0.182. The van der Waals surface area contributed by atoms with Gasteiger partial charge in [-0.1, -0.05) is 24.3 Å². The molecule has 0 bridgehead atoms. The molecule has 0 aliphatic heterocycles. The van der Waals surface area contributed by atoms with Crippen LogP contribution in [-0.2, 0) is 6.54 Å². The molecule has 164 valence electrons. The first-order valence-electron chi connectivity index (χ1n) is 9.54. The number of para-hydroxylation sites is 1. The Morgan fingerprint density at radius 3 is 2.47 bits per heavy atom. The van der Waals surface area contributed by atoms with Crippen LogP contribution in [0.5, 0.6) is 5.75 Å². The first kappa shape index (κ1) is 22.3. The SMILES string of the molecule is COc1ccc(/C=C/C(=O)c2ccccc2[N+](=O)[O-])cc1Cn1nc(C)c([N+](=O)[O-])c1C. The summed E-state index contributed by atoms with van der Waals surface area (Å²) in [6, 6.07) is 11.0. The molecule has 0 unspecified atom stereocenters. The number of carbonyl (C=O) groups is 1. The molecule has 0 aliphatic rings. The molecule has 0 saturated carbocycles. The predicted molar refractivity (Wildman–Crippen MR) is 117 cm³/mol. The molecule has 0 saturated heterocycles. The van der Waals surface area contributed by atoms with Crippen molar-refractivity contribution < 1.29 is 19.4 Å². The van der Waals surface area contributed by atoms with Crippen LogP contribution < -0.4 is 4.74 Å². The Morgan fingerprint density at radius 1 is 1.12 bits per heavy atom. The zero-order chi connectivity index (χ0) is 23.4. The van der Waals surface area contributed by atoms with Crippen LogP contribution in [0.1, 0.15) is 32.9 Å². The third-order valence-electron chi connectivity index (χ3n) is 4.94. The number of aryl methyl sites for hydroxylation is 1. The molecular weight excluding hydrogens is 416 g/mol. The maximum Gasteiger partial charge on any atom is 0.312 e. The second-order valence-corrected chi connectivity index (χ2v) is 6.98. The molecule has 0 spiro atoms. The fourth-order valence-corrected chi connectivity index (χ4v) is 3.40. The number of hydrogen-bond acceptors (Lipinski definition) is 7. The van der Waals surface area contributed by atoms with Crippen molar-refractivity contribution in [2.24, 2.45) is 0 Å². The molecule has 10 heteroatoms. The van der Waals surface area contributed by atoms with E-state index in [1.165, 1.54) is 36.1 Å². The summed E-state index contributed by atoms with van der Waals surface area (Å²) in [5.41, 5.74) is 1.80. The maximum atomic E-state index is 12.5. The Bertz CT molecular complexity index is 1250. The molecule has 3 aromatic rings. The van der Waals surface area contributed by atoms with E-state index in [9.17, 15) is 25.0 Å². The van der Waals surface area contributed by atoms with Crippen molar-refractivity contribution in [1.82, 2.24) is 9.78 Å². The number of nitro benzene ring substituents is 1. The van der Waals surface area contributed by atoms with Crippen LogP contribution in [-0.4, -0.2) is 32.5 Å². The third kappa shape index (κ3) is 4.53. The minimum atomic E-state index is -0.597. The zero-order valence-electron chi connectivity index (χ0n) is 17.6. The summed E-state index contributed by atoms with van der Waals surface area (Å²) < 4.78 is 6.92. The van der Waals surface area contributed by atoms with Crippen molar-refractivity contribution >= 4 is 23.2 Å². The van der Waals surface area contributed by atoms with Gasteiger partial charge in [-0.3, -0.25) is 29.7 Å². The topological polar surface area (TPSA) is 130 Å². The van der Waals surface area contributed by atoms with Crippen molar-refractivity contribution in [1.29, 1.82) is 0 Å². The molecule has 1 aromatic heterocycles. The minimum Gasteiger partial charge on any atom is -0.496 e. The lowest BCUT2D eigenvalue weighted by Crippen LogP contribution is -2.06. The summed E-state index contributed by atoms with van der Waals surface area (Å²) in [5, 5.41) is 26.7. The van der Waals surface area contributed by atoms with Gasteiger partial charge in [0.25, 0.3) is 5.69 Å². The van der Waals surface area contributed by atoms with Crippen molar-refractivity contribution in [2.45, 2.75) is 20.4 Å². The van der Waals surface area contributed by atoms with Gasteiger partial charge < -0.3 is 4.74 Å². The molecule has 10 nitrogen and oxygen atoms in total. The molecule has 3 rings (SSSR count). The van der Waals surface area contributed by atoms with Crippen LogP contribution in [0, 0.1) is 34.1 Å². The van der Waals surface area contributed by atoms with Gasteiger partial charge in [0.15, 0.2) is 5.78 Å². The highest BCUT2D eigenvalue weighted by Crippen LogP contribution is 2.26.